The summed E-state index contributed by atoms with van der Waals surface area (Å²) in [5, 5.41) is 17.8. The van der Waals surface area contributed by atoms with E-state index in [0.29, 0.717) is 27.7 Å². The Labute approximate surface area is 196 Å². The Kier molecular flexibility index (Phi) is 7.97. The molecule has 0 atom stereocenters. The number of nitrogens with one attached hydrogen (secondary N) is 2. The third-order valence-electron chi connectivity index (χ3n) is 5.01. The van der Waals surface area contributed by atoms with Crippen LogP contribution < -0.4 is 10.7 Å². The van der Waals surface area contributed by atoms with Crippen LogP contribution in [0.5, 0.6) is 0 Å². The van der Waals surface area contributed by atoms with Gasteiger partial charge in [0.1, 0.15) is 0 Å². The molecule has 10 heteroatoms. The number of hydrogen-bond acceptors (Lipinski definition) is 7. The minimum absolute atomic E-state index is 0.0233. The van der Waals surface area contributed by atoms with Crippen molar-refractivity contribution in [3.8, 4) is 17.5 Å². The molecule has 2 amide bonds. The van der Waals surface area contributed by atoms with Crippen LogP contribution in [0.25, 0.3) is 16.6 Å². The first-order valence-electron chi connectivity index (χ1n) is 10.4. The van der Waals surface area contributed by atoms with E-state index in [-0.39, 0.29) is 37.1 Å². The molecule has 0 bridgehead atoms. The number of carbonyl (C=O) groups is 3. The second-order valence-electron chi connectivity index (χ2n) is 7.08. The summed E-state index contributed by atoms with van der Waals surface area (Å²) in [6, 6.07) is 12.1. The first-order valence-corrected chi connectivity index (χ1v) is 10.4. The van der Waals surface area contributed by atoms with Gasteiger partial charge in [-0.25, -0.2) is 14.9 Å². The molecule has 1 heterocycles. The van der Waals surface area contributed by atoms with Crippen LogP contribution in [0.1, 0.15) is 32.8 Å². The van der Waals surface area contributed by atoms with E-state index in [1.165, 1.54) is 19.2 Å². The number of rotatable bonds is 7. The van der Waals surface area contributed by atoms with Crippen molar-refractivity contribution in [2.75, 3.05) is 34.4 Å². The lowest BCUT2D eigenvalue weighted by molar-refractivity contribution is -0.133. The minimum Gasteiger partial charge on any atom is -0.464 e. The highest BCUT2D eigenvalue weighted by Crippen LogP contribution is 2.25. The predicted molar refractivity (Wildman–Crippen MR) is 125 cm³/mol. The molecule has 0 aliphatic heterocycles. The number of ether oxygens (including phenoxy) is 1. The van der Waals surface area contributed by atoms with Crippen molar-refractivity contribution >= 4 is 28.7 Å². The zero-order valence-electron chi connectivity index (χ0n) is 19.1. The van der Waals surface area contributed by atoms with Crippen molar-refractivity contribution in [3.05, 3.63) is 59.3 Å². The lowest BCUT2D eigenvalue weighted by Gasteiger charge is -2.18. The van der Waals surface area contributed by atoms with Crippen molar-refractivity contribution < 1.29 is 24.2 Å². The van der Waals surface area contributed by atoms with Crippen LogP contribution in [0.15, 0.2) is 42.5 Å². The molecule has 3 rings (SSSR count). The number of fused-ring (bicyclic) bond motifs is 1. The number of amides is 2. The van der Waals surface area contributed by atoms with E-state index in [1.54, 1.807) is 54.2 Å². The lowest BCUT2D eigenvalue weighted by Crippen LogP contribution is -2.42. The number of esters is 1. The number of methoxy groups -OCH3 is 1. The summed E-state index contributed by atoms with van der Waals surface area (Å²) in [5.41, 5.74) is 5.09. The first kappa shape index (κ1) is 24.4. The number of nitrogens with zero attached hydrogens (tertiary/aromatic N) is 3. The Morgan fingerprint density at radius 1 is 1.18 bits per heavy atom. The number of hydrogen-bond donors (Lipinski definition) is 3. The fourth-order valence-electron chi connectivity index (χ4n) is 3.34. The SMILES string of the molecule is CNC(=O)c1ccc2c(c1)c(C(=O)OC)nn2-c1cccc(C#CCC(=O)N(CCO)NC)c1. The van der Waals surface area contributed by atoms with E-state index in [0.717, 1.165) is 0 Å². The van der Waals surface area contributed by atoms with Gasteiger partial charge in [0, 0.05) is 30.6 Å². The molecule has 3 aromatic rings. The number of aliphatic hydroxyl groups is 1. The zero-order valence-corrected chi connectivity index (χ0v) is 19.1. The smallest absolute Gasteiger partial charge is 0.359 e. The van der Waals surface area contributed by atoms with Crippen LogP contribution in [0.2, 0.25) is 0 Å². The van der Waals surface area contributed by atoms with Crippen LogP contribution in [-0.4, -0.2) is 72.0 Å². The van der Waals surface area contributed by atoms with Gasteiger partial charge in [-0.1, -0.05) is 17.9 Å². The monoisotopic (exact) mass is 463 g/mol. The van der Waals surface area contributed by atoms with Crippen molar-refractivity contribution in [1.82, 2.24) is 25.5 Å². The average molecular weight is 463 g/mol. The maximum atomic E-state index is 12.3. The molecule has 2 aromatic carbocycles. The third-order valence-corrected chi connectivity index (χ3v) is 5.01. The van der Waals surface area contributed by atoms with Gasteiger partial charge < -0.3 is 15.2 Å². The normalized spacial score (nSPS) is 10.4. The zero-order chi connectivity index (χ0) is 24.7. The van der Waals surface area contributed by atoms with Gasteiger partial charge in [-0.15, -0.1) is 0 Å². The molecule has 0 radical (unpaired) electrons. The topological polar surface area (TPSA) is 126 Å². The van der Waals surface area contributed by atoms with Crippen LogP contribution in [0.3, 0.4) is 0 Å². The largest absolute Gasteiger partial charge is 0.464 e. The molecule has 34 heavy (non-hydrogen) atoms. The van der Waals surface area contributed by atoms with Gasteiger partial charge in [0.25, 0.3) is 5.91 Å². The lowest BCUT2D eigenvalue weighted by atomic mass is 10.1. The standard InChI is InChI=1S/C24H25N5O5/c1-25-23(32)17-10-11-20-19(15-17)22(24(33)34-3)27-29(20)18-8-4-6-16(14-18)7-5-9-21(31)28(26-2)12-13-30/h4,6,8,10-11,14-15,26,30H,9,12-13H2,1-3H3,(H,25,32). The highest BCUT2D eigenvalue weighted by atomic mass is 16.5. The molecule has 1 aromatic heterocycles. The molecule has 0 aliphatic carbocycles. The maximum Gasteiger partial charge on any atom is 0.359 e. The van der Waals surface area contributed by atoms with Crippen LogP contribution in [0, 0.1) is 11.8 Å². The maximum absolute atomic E-state index is 12.3. The number of aromatic nitrogens is 2. The molecular weight excluding hydrogens is 438 g/mol. The number of benzene rings is 2. The molecule has 0 fully saturated rings. The summed E-state index contributed by atoms with van der Waals surface area (Å²) in [7, 11) is 4.39. The molecule has 0 aliphatic rings. The number of carbonyl (C=O) groups excluding carboxylic acids is 3. The molecular formula is C24H25N5O5. The molecule has 0 unspecified atom stereocenters. The van der Waals surface area contributed by atoms with Gasteiger partial charge in [0.2, 0.25) is 5.91 Å². The molecule has 10 nitrogen and oxygen atoms in total. The summed E-state index contributed by atoms with van der Waals surface area (Å²) >= 11 is 0. The van der Waals surface area contributed by atoms with Gasteiger partial charge in [0.15, 0.2) is 5.69 Å². The second-order valence-corrected chi connectivity index (χ2v) is 7.08. The summed E-state index contributed by atoms with van der Waals surface area (Å²) in [4.78, 5) is 36.6. The number of aliphatic hydroxyl groups excluding tert-OH is 1. The van der Waals surface area contributed by atoms with Gasteiger partial charge in [0.05, 0.1) is 37.9 Å². The van der Waals surface area contributed by atoms with Gasteiger partial charge in [-0.2, -0.15) is 5.10 Å². The fourth-order valence-corrected chi connectivity index (χ4v) is 3.34. The second kappa shape index (κ2) is 11.1. The van der Waals surface area contributed by atoms with E-state index in [1.807, 2.05) is 0 Å². The van der Waals surface area contributed by atoms with Crippen molar-refractivity contribution in [2.45, 2.75) is 6.42 Å². The summed E-state index contributed by atoms with van der Waals surface area (Å²) in [6.07, 6.45) is -0.0233. The van der Waals surface area contributed by atoms with E-state index < -0.39 is 5.97 Å². The highest BCUT2D eigenvalue weighted by Gasteiger charge is 2.20. The molecule has 0 saturated heterocycles. The first-order chi connectivity index (χ1) is 16.4. The van der Waals surface area contributed by atoms with E-state index in [2.05, 4.69) is 27.7 Å². The Hall–Kier alpha value is -4.20. The van der Waals surface area contributed by atoms with Crippen LogP contribution >= 0.6 is 0 Å². The third kappa shape index (κ3) is 5.23. The van der Waals surface area contributed by atoms with Crippen molar-refractivity contribution in [2.24, 2.45) is 0 Å². The van der Waals surface area contributed by atoms with E-state index >= 15 is 0 Å². The van der Waals surface area contributed by atoms with Crippen LogP contribution in [-0.2, 0) is 9.53 Å². The van der Waals surface area contributed by atoms with Gasteiger partial charge >= 0.3 is 5.97 Å². The molecule has 3 N–H and O–H groups in total. The van der Waals surface area contributed by atoms with E-state index in [4.69, 9.17) is 9.84 Å². The van der Waals surface area contributed by atoms with Crippen molar-refractivity contribution in [1.29, 1.82) is 0 Å². The summed E-state index contributed by atoms with van der Waals surface area (Å²) < 4.78 is 6.45. The Balaban J connectivity index is 1.97. The summed E-state index contributed by atoms with van der Waals surface area (Å²) in [6.45, 7) is 0.0150. The summed E-state index contributed by atoms with van der Waals surface area (Å²) in [5.74, 6) is 4.63. The Morgan fingerprint density at radius 2 is 1.97 bits per heavy atom. The van der Waals surface area contributed by atoms with Gasteiger partial charge in [-0.3, -0.25) is 14.6 Å². The average Bonchev–Trinajstić information content (AvgIpc) is 3.25. The Bertz CT molecular complexity index is 1290. The molecule has 176 valence electrons. The fraction of sp³-hybridized carbons (Fsp3) is 0.250. The highest BCUT2D eigenvalue weighted by molar-refractivity contribution is 6.05. The van der Waals surface area contributed by atoms with Gasteiger partial charge in [-0.05, 0) is 36.4 Å². The van der Waals surface area contributed by atoms with Crippen molar-refractivity contribution in [3.63, 3.8) is 0 Å². The predicted octanol–water partition coefficient (Wildman–Crippen LogP) is 0.869. The quantitative estimate of drug-likeness (QED) is 0.270. The minimum atomic E-state index is -0.621. The number of hydrazine groups is 1. The van der Waals surface area contributed by atoms with E-state index in [9.17, 15) is 14.4 Å². The van der Waals surface area contributed by atoms with Crippen LogP contribution in [0.4, 0.5) is 0 Å². The molecule has 0 spiro atoms. The molecule has 0 saturated carbocycles. The Morgan fingerprint density at radius 3 is 2.65 bits per heavy atom.